The van der Waals surface area contributed by atoms with E-state index in [0.717, 1.165) is 32.3 Å². The summed E-state index contributed by atoms with van der Waals surface area (Å²) in [4.78, 5) is 0. The molecule has 3 heteroatoms. The summed E-state index contributed by atoms with van der Waals surface area (Å²) in [5, 5.41) is 0. The number of hydrogen-bond donors (Lipinski definition) is 0. The predicted molar refractivity (Wildman–Crippen MR) is 67.3 cm³/mol. The molecule has 0 aromatic heterocycles. The normalized spacial score (nSPS) is 25.8. The number of aryl methyl sites for hydroxylation is 1. The third-order valence-corrected chi connectivity index (χ3v) is 4.16. The van der Waals surface area contributed by atoms with E-state index in [1.807, 2.05) is 6.07 Å². The molecule has 1 saturated carbocycles. The molecule has 2 fully saturated rings. The van der Waals surface area contributed by atoms with Gasteiger partial charge in [0.2, 0.25) is 0 Å². The van der Waals surface area contributed by atoms with Crippen LogP contribution in [0.2, 0.25) is 0 Å². The molecule has 98 valence electrons. The van der Waals surface area contributed by atoms with Crippen molar-refractivity contribution in [3.8, 4) is 5.75 Å². The predicted octanol–water partition coefficient (Wildman–Crippen LogP) is 3.61. The Kier molecular flexibility index (Phi) is 3.02. The second-order valence-electron chi connectivity index (χ2n) is 5.53. The fourth-order valence-electron chi connectivity index (χ4n) is 2.84. The molecule has 1 atom stereocenters. The van der Waals surface area contributed by atoms with E-state index < -0.39 is 0 Å². The fraction of sp³-hybridized carbons (Fsp3) is 0.600. The van der Waals surface area contributed by atoms with Crippen molar-refractivity contribution in [2.75, 3.05) is 6.61 Å². The van der Waals surface area contributed by atoms with Gasteiger partial charge in [-0.05, 0) is 37.8 Å². The average Bonchev–Trinajstić information content (AvgIpc) is 2.32. The Hall–Kier alpha value is -1.09. The second-order valence-corrected chi connectivity index (χ2v) is 5.53. The molecule has 1 spiro atoms. The number of halogens is 1. The smallest absolute Gasteiger partial charge is 0.129 e. The van der Waals surface area contributed by atoms with E-state index >= 15 is 0 Å². The Balaban J connectivity index is 1.66. The highest BCUT2D eigenvalue weighted by molar-refractivity contribution is 5.28. The summed E-state index contributed by atoms with van der Waals surface area (Å²) in [5.74, 6) is 0.442. The van der Waals surface area contributed by atoms with E-state index in [1.165, 1.54) is 12.5 Å². The monoisotopic (exact) mass is 250 g/mol. The third-order valence-electron chi connectivity index (χ3n) is 4.16. The first-order valence-corrected chi connectivity index (χ1v) is 6.74. The van der Waals surface area contributed by atoms with Crippen LogP contribution in [0.5, 0.6) is 5.75 Å². The maximum absolute atomic E-state index is 13.5. The molecule has 0 amide bonds. The third kappa shape index (κ3) is 2.24. The molecule has 1 aliphatic carbocycles. The first kappa shape index (κ1) is 12.0. The number of ether oxygens (including phenoxy) is 2. The standard InChI is InChI=1S/C15H19FO2/c1-11-3-4-12(9-14(11)16)18-13-5-8-17-15(10-13)6-2-7-15/h3-4,9,13H,2,5-8,10H2,1H3. The minimum atomic E-state index is -0.196. The van der Waals surface area contributed by atoms with Crippen LogP contribution >= 0.6 is 0 Å². The second kappa shape index (κ2) is 4.54. The number of benzene rings is 1. The first-order valence-electron chi connectivity index (χ1n) is 6.74. The van der Waals surface area contributed by atoms with Crippen LogP contribution in [-0.2, 0) is 4.74 Å². The van der Waals surface area contributed by atoms with Crippen LogP contribution in [0.3, 0.4) is 0 Å². The van der Waals surface area contributed by atoms with Crippen LogP contribution in [-0.4, -0.2) is 18.3 Å². The number of rotatable bonds is 2. The minimum absolute atomic E-state index is 0.0756. The van der Waals surface area contributed by atoms with Crippen LogP contribution < -0.4 is 4.74 Å². The van der Waals surface area contributed by atoms with E-state index in [4.69, 9.17) is 9.47 Å². The molecule has 0 radical (unpaired) electrons. The minimum Gasteiger partial charge on any atom is -0.490 e. The highest BCUT2D eigenvalue weighted by atomic mass is 19.1. The molecule has 1 aliphatic heterocycles. The van der Waals surface area contributed by atoms with Gasteiger partial charge in [-0.2, -0.15) is 0 Å². The maximum Gasteiger partial charge on any atom is 0.129 e. The molecular formula is C15H19FO2. The molecule has 1 aromatic carbocycles. The fourth-order valence-corrected chi connectivity index (χ4v) is 2.84. The zero-order valence-electron chi connectivity index (χ0n) is 10.7. The Morgan fingerprint density at radius 1 is 1.39 bits per heavy atom. The Bertz CT molecular complexity index is 440. The molecule has 18 heavy (non-hydrogen) atoms. The lowest BCUT2D eigenvalue weighted by Crippen LogP contribution is -2.48. The Morgan fingerprint density at radius 2 is 2.22 bits per heavy atom. The van der Waals surface area contributed by atoms with Gasteiger partial charge in [-0.1, -0.05) is 6.07 Å². The lowest BCUT2D eigenvalue weighted by molar-refractivity contribution is -0.153. The van der Waals surface area contributed by atoms with Gasteiger partial charge in [-0.3, -0.25) is 0 Å². The maximum atomic E-state index is 13.5. The quantitative estimate of drug-likeness (QED) is 0.798. The molecule has 1 unspecified atom stereocenters. The van der Waals surface area contributed by atoms with E-state index in [9.17, 15) is 4.39 Å². The van der Waals surface area contributed by atoms with Crippen molar-refractivity contribution in [1.82, 2.24) is 0 Å². The lowest BCUT2D eigenvalue weighted by Gasteiger charge is -2.46. The van der Waals surface area contributed by atoms with E-state index in [-0.39, 0.29) is 17.5 Å². The van der Waals surface area contributed by atoms with Gasteiger partial charge in [0.05, 0.1) is 12.2 Å². The van der Waals surface area contributed by atoms with Crippen LogP contribution in [0.15, 0.2) is 18.2 Å². The van der Waals surface area contributed by atoms with Crippen LogP contribution in [0.4, 0.5) is 4.39 Å². The van der Waals surface area contributed by atoms with Gasteiger partial charge < -0.3 is 9.47 Å². The summed E-state index contributed by atoms with van der Waals surface area (Å²) in [5.41, 5.74) is 0.733. The van der Waals surface area contributed by atoms with Gasteiger partial charge >= 0.3 is 0 Å². The van der Waals surface area contributed by atoms with Crippen molar-refractivity contribution in [1.29, 1.82) is 0 Å². The molecule has 1 saturated heterocycles. The molecular weight excluding hydrogens is 231 g/mol. The average molecular weight is 250 g/mol. The van der Waals surface area contributed by atoms with Crippen molar-refractivity contribution in [2.45, 2.75) is 50.7 Å². The van der Waals surface area contributed by atoms with Crippen molar-refractivity contribution < 1.29 is 13.9 Å². The Morgan fingerprint density at radius 3 is 2.89 bits per heavy atom. The molecule has 0 bridgehead atoms. The van der Waals surface area contributed by atoms with Crippen LogP contribution in [0.25, 0.3) is 0 Å². The number of hydrogen-bond acceptors (Lipinski definition) is 2. The molecule has 0 N–H and O–H groups in total. The molecule has 3 rings (SSSR count). The summed E-state index contributed by atoms with van der Waals surface area (Å²) in [6, 6.07) is 5.10. The van der Waals surface area contributed by atoms with Gasteiger partial charge in [0.1, 0.15) is 17.7 Å². The van der Waals surface area contributed by atoms with Crippen LogP contribution in [0, 0.1) is 12.7 Å². The SMILES string of the molecule is Cc1ccc(OC2CCOC3(CCC3)C2)cc1F. The molecule has 1 heterocycles. The van der Waals surface area contributed by atoms with Gasteiger partial charge in [0.25, 0.3) is 0 Å². The first-order chi connectivity index (χ1) is 8.67. The molecule has 2 aliphatic rings. The van der Waals surface area contributed by atoms with E-state index in [1.54, 1.807) is 13.0 Å². The van der Waals surface area contributed by atoms with Crippen LogP contribution in [0.1, 0.15) is 37.7 Å². The van der Waals surface area contributed by atoms with E-state index in [0.29, 0.717) is 11.3 Å². The summed E-state index contributed by atoms with van der Waals surface area (Å²) < 4.78 is 25.2. The topological polar surface area (TPSA) is 18.5 Å². The van der Waals surface area contributed by atoms with Crippen molar-refractivity contribution >= 4 is 0 Å². The van der Waals surface area contributed by atoms with Crippen molar-refractivity contribution in [2.24, 2.45) is 0 Å². The lowest BCUT2D eigenvalue weighted by atomic mass is 9.74. The van der Waals surface area contributed by atoms with Crippen molar-refractivity contribution in [3.05, 3.63) is 29.6 Å². The summed E-state index contributed by atoms with van der Waals surface area (Å²) in [6.45, 7) is 2.52. The zero-order valence-corrected chi connectivity index (χ0v) is 10.7. The van der Waals surface area contributed by atoms with Gasteiger partial charge in [0, 0.05) is 18.9 Å². The summed E-state index contributed by atoms with van der Waals surface area (Å²) in [7, 11) is 0. The largest absolute Gasteiger partial charge is 0.490 e. The highest BCUT2D eigenvalue weighted by Gasteiger charge is 2.43. The summed E-state index contributed by atoms with van der Waals surface area (Å²) in [6.07, 6.45) is 5.57. The Labute approximate surface area is 107 Å². The van der Waals surface area contributed by atoms with Gasteiger partial charge in [0.15, 0.2) is 0 Å². The molecule has 2 nitrogen and oxygen atoms in total. The van der Waals surface area contributed by atoms with Gasteiger partial charge in [-0.25, -0.2) is 4.39 Å². The molecule has 1 aromatic rings. The van der Waals surface area contributed by atoms with E-state index in [2.05, 4.69) is 0 Å². The van der Waals surface area contributed by atoms with Gasteiger partial charge in [-0.15, -0.1) is 0 Å². The zero-order chi connectivity index (χ0) is 12.6. The highest BCUT2D eigenvalue weighted by Crippen LogP contribution is 2.43. The van der Waals surface area contributed by atoms with Crippen molar-refractivity contribution in [3.63, 3.8) is 0 Å². The summed E-state index contributed by atoms with van der Waals surface area (Å²) >= 11 is 0.